The Morgan fingerprint density at radius 1 is 1.31 bits per heavy atom. The third-order valence-corrected chi connectivity index (χ3v) is 4.76. The van der Waals surface area contributed by atoms with Gasteiger partial charge in [0.05, 0.1) is 24.1 Å². The monoisotopic (exact) mass is 464 g/mol. The first-order valence-electron chi connectivity index (χ1n) is 8.35. The van der Waals surface area contributed by atoms with Crippen LogP contribution in [0.1, 0.15) is 23.2 Å². The SMILES string of the molecule is COc1ccc(Cn2nc(N=Cc3c(Br)cccc3[N+](=O)[O-])cc2C(F)F)cc1. The highest BCUT2D eigenvalue weighted by atomic mass is 79.9. The lowest BCUT2D eigenvalue weighted by molar-refractivity contribution is -0.385. The van der Waals surface area contributed by atoms with Crippen LogP contribution in [0.15, 0.2) is 58.0 Å². The molecule has 0 fully saturated rings. The van der Waals surface area contributed by atoms with Crippen LogP contribution in [0.3, 0.4) is 0 Å². The van der Waals surface area contributed by atoms with E-state index < -0.39 is 11.3 Å². The maximum atomic E-state index is 13.4. The molecular formula is C19H15BrF2N4O3. The highest BCUT2D eigenvalue weighted by Crippen LogP contribution is 2.27. The van der Waals surface area contributed by atoms with Crippen molar-refractivity contribution in [3.8, 4) is 5.75 Å². The number of benzene rings is 2. The van der Waals surface area contributed by atoms with Crippen LogP contribution < -0.4 is 4.74 Å². The summed E-state index contributed by atoms with van der Waals surface area (Å²) in [6, 6.07) is 12.6. The molecule has 0 unspecified atom stereocenters. The predicted octanol–water partition coefficient (Wildman–Crippen LogP) is 5.30. The van der Waals surface area contributed by atoms with Crippen molar-refractivity contribution >= 4 is 33.6 Å². The first-order valence-corrected chi connectivity index (χ1v) is 9.14. The van der Waals surface area contributed by atoms with Crippen molar-refractivity contribution in [2.24, 2.45) is 4.99 Å². The minimum absolute atomic E-state index is 0.0267. The zero-order chi connectivity index (χ0) is 21.0. The number of rotatable bonds is 7. The van der Waals surface area contributed by atoms with Crippen LogP contribution in [-0.4, -0.2) is 28.0 Å². The maximum absolute atomic E-state index is 13.4. The van der Waals surface area contributed by atoms with Crippen LogP contribution in [0, 0.1) is 10.1 Å². The van der Waals surface area contributed by atoms with Crippen molar-refractivity contribution in [2.75, 3.05) is 7.11 Å². The van der Waals surface area contributed by atoms with Crippen molar-refractivity contribution in [1.82, 2.24) is 9.78 Å². The fourth-order valence-electron chi connectivity index (χ4n) is 2.63. The van der Waals surface area contributed by atoms with E-state index in [1.54, 1.807) is 30.3 Å². The average Bonchev–Trinajstić information content (AvgIpc) is 3.10. The van der Waals surface area contributed by atoms with Crippen LogP contribution in [0.4, 0.5) is 20.3 Å². The summed E-state index contributed by atoms with van der Waals surface area (Å²) in [4.78, 5) is 14.7. The molecule has 0 N–H and O–H groups in total. The molecule has 150 valence electrons. The van der Waals surface area contributed by atoms with E-state index in [1.165, 1.54) is 25.5 Å². The number of halogens is 3. The fourth-order valence-corrected chi connectivity index (χ4v) is 3.09. The lowest BCUT2D eigenvalue weighted by Gasteiger charge is -2.07. The molecule has 3 aromatic rings. The summed E-state index contributed by atoms with van der Waals surface area (Å²) in [5.74, 6) is 0.683. The summed E-state index contributed by atoms with van der Waals surface area (Å²) in [7, 11) is 1.54. The van der Waals surface area contributed by atoms with Crippen LogP contribution in [-0.2, 0) is 6.54 Å². The van der Waals surface area contributed by atoms with Gasteiger partial charge in [0.25, 0.3) is 12.1 Å². The quantitative estimate of drug-likeness (QED) is 0.270. The second-order valence-electron chi connectivity index (χ2n) is 5.92. The Kier molecular flexibility index (Phi) is 6.32. The van der Waals surface area contributed by atoms with Crippen molar-refractivity contribution in [1.29, 1.82) is 0 Å². The average molecular weight is 465 g/mol. The van der Waals surface area contributed by atoms with Gasteiger partial charge < -0.3 is 4.74 Å². The van der Waals surface area contributed by atoms with Crippen LogP contribution in [0.2, 0.25) is 0 Å². The standard InChI is InChI=1S/C19H15BrF2N4O3/c1-29-13-7-5-12(6-8-13)11-25-17(19(21)22)9-18(24-25)23-10-14-15(20)3-2-4-16(14)26(27)28/h2-10,19H,11H2,1H3. The van der Waals surface area contributed by atoms with Gasteiger partial charge in [-0.2, -0.15) is 5.10 Å². The molecule has 0 amide bonds. The third kappa shape index (κ3) is 4.83. The summed E-state index contributed by atoms with van der Waals surface area (Å²) in [6.07, 6.45) is -1.51. The van der Waals surface area contributed by atoms with E-state index in [4.69, 9.17) is 4.74 Å². The Balaban J connectivity index is 1.91. The topological polar surface area (TPSA) is 82.5 Å². The van der Waals surface area contributed by atoms with Crippen molar-refractivity contribution in [2.45, 2.75) is 13.0 Å². The molecule has 1 aromatic heterocycles. The zero-order valence-corrected chi connectivity index (χ0v) is 16.7. The molecular weight excluding hydrogens is 450 g/mol. The van der Waals surface area contributed by atoms with E-state index in [-0.39, 0.29) is 29.3 Å². The molecule has 0 aliphatic rings. The molecule has 0 radical (unpaired) electrons. The van der Waals surface area contributed by atoms with Gasteiger partial charge in [0.2, 0.25) is 0 Å². The van der Waals surface area contributed by atoms with E-state index in [1.807, 2.05) is 0 Å². The number of aromatic nitrogens is 2. The molecule has 0 aliphatic heterocycles. The second kappa shape index (κ2) is 8.91. The minimum Gasteiger partial charge on any atom is -0.497 e. The molecule has 0 spiro atoms. The molecule has 10 heteroatoms. The number of nitrogens with zero attached hydrogens (tertiary/aromatic N) is 4. The number of aliphatic imine (C=N–C) groups is 1. The number of alkyl halides is 2. The molecule has 2 aromatic carbocycles. The number of nitro groups is 1. The number of ether oxygens (including phenoxy) is 1. The second-order valence-corrected chi connectivity index (χ2v) is 6.78. The minimum atomic E-state index is -2.75. The summed E-state index contributed by atoms with van der Waals surface area (Å²) >= 11 is 3.24. The summed E-state index contributed by atoms with van der Waals surface area (Å²) < 4.78 is 33.6. The molecule has 3 rings (SSSR count). The molecule has 0 bridgehead atoms. The van der Waals surface area contributed by atoms with E-state index >= 15 is 0 Å². The van der Waals surface area contributed by atoms with Crippen molar-refractivity contribution < 1.29 is 18.4 Å². The molecule has 1 heterocycles. The van der Waals surface area contributed by atoms with Gasteiger partial charge in [-0.15, -0.1) is 0 Å². The summed E-state index contributed by atoms with van der Waals surface area (Å²) in [5, 5.41) is 15.3. The fraction of sp³-hybridized carbons (Fsp3) is 0.158. The van der Waals surface area contributed by atoms with Crippen LogP contribution in [0.25, 0.3) is 0 Å². The maximum Gasteiger partial charge on any atom is 0.280 e. The van der Waals surface area contributed by atoms with Gasteiger partial charge >= 0.3 is 0 Å². The molecule has 7 nitrogen and oxygen atoms in total. The number of hydrogen-bond donors (Lipinski definition) is 0. The molecule has 0 aliphatic carbocycles. The van der Waals surface area contributed by atoms with Crippen molar-refractivity contribution in [3.05, 3.63) is 79.9 Å². The number of nitro benzene ring substituents is 1. The number of hydrogen-bond acceptors (Lipinski definition) is 5. The van der Waals surface area contributed by atoms with Crippen LogP contribution in [0.5, 0.6) is 5.75 Å². The van der Waals surface area contributed by atoms with Gasteiger partial charge in [-0.25, -0.2) is 13.8 Å². The van der Waals surface area contributed by atoms with Gasteiger partial charge in [-0.1, -0.05) is 18.2 Å². The lowest BCUT2D eigenvalue weighted by atomic mass is 10.2. The molecule has 0 atom stereocenters. The van der Waals surface area contributed by atoms with E-state index in [2.05, 4.69) is 26.0 Å². The van der Waals surface area contributed by atoms with E-state index in [0.29, 0.717) is 10.2 Å². The third-order valence-electron chi connectivity index (χ3n) is 4.07. The molecule has 29 heavy (non-hydrogen) atoms. The van der Waals surface area contributed by atoms with Crippen molar-refractivity contribution in [3.63, 3.8) is 0 Å². The Bertz CT molecular complexity index is 1050. The Morgan fingerprint density at radius 3 is 2.66 bits per heavy atom. The van der Waals surface area contributed by atoms with Gasteiger partial charge in [0.15, 0.2) is 5.82 Å². The smallest absolute Gasteiger partial charge is 0.280 e. The first-order chi connectivity index (χ1) is 13.9. The largest absolute Gasteiger partial charge is 0.497 e. The Morgan fingerprint density at radius 2 is 2.03 bits per heavy atom. The summed E-state index contributed by atoms with van der Waals surface area (Å²) in [6.45, 7) is 0.119. The number of methoxy groups -OCH3 is 1. The molecule has 0 saturated carbocycles. The predicted molar refractivity (Wildman–Crippen MR) is 107 cm³/mol. The lowest BCUT2D eigenvalue weighted by Crippen LogP contribution is -2.06. The van der Waals surface area contributed by atoms with E-state index in [0.717, 1.165) is 16.3 Å². The Labute approximate surface area is 172 Å². The first kappa shape index (κ1) is 20.6. The van der Waals surface area contributed by atoms with Gasteiger partial charge in [-0.05, 0) is 39.7 Å². The van der Waals surface area contributed by atoms with E-state index in [9.17, 15) is 18.9 Å². The van der Waals surface area contributed by atoms with Gasteiger partial charge in [0, 0.05) is 22.8 Å². The zero-order valence-electron chi connectivity index (χ0n) is 15.1. The highest BCUT2D eigenvalue weighted by molar-refractivity contribution is 9.10. The van der Waals surface area contributed by atoms with Gasteiger partial charge in [-0.3, -0.25) is 14.8 Å². The normalized spacial score (nSPS) is 11.3. The summed E-state index contributed by atoms with van der Waals surface area (Å²) in [5.41, 5.74) is 0.526. The molecule has 0 saturated heterocycles. The van der Waals surface area contributed by atoms with Gasteiger partial charge in [0.1, 0.15) is 11.4 Å². The Hall–Kier alpha value is -3.14. The van der Waals surface area contributed by atoms with Crippen LogP contribution >= 0.6 is 15.9 Å². The highest BCUT2D eigenvalue weighted by Gasteiger charge is 2.18.